The van der Waals surface area contributed by atoms with Crippen LogP contribution in [0.3, 0.4) is 0 Å². The minimum atomic E-state index is -0.137. The lowest BCUT2D eigenvalue weighted by atomic mass is 9.82. The first kappa shape index (κ1) is 37.7. The molecule has 10 aromatic carbocycles. The van der Waals surface area contributed by atoms with E-state index in [2.05, 4.69) is 244 Å². The van der Waals surface area contributed by atoms with Crippen LogP contribution >= 0.6 is 0 Å². The first-order valence-electron chi connectivity index (χ1n) is 22.8. The van der Waals surface area contributed by atoms with Crippen molar-refractivity contribution in [1.29, 1.82) is 0 Å². The van der Waals surface area contributed by atoms with E-state index in [0.29, 0.717) is 0 Å². The molecule has 3 nitrogen and oxygen atoms in total. The van der Waals surface area contributed by atoms with Gasteiger partial charge in [0.2, 0.25) is 0 Å². The summed E-state index contributed by atoms with van der Waals surface area (Å²) < 4.78 is 7.21. The lowest BCUT2D eigenvalue weighted by Crippen LogP contribution is -2.16. The lowest BCUT2D eigenvalue weighted by molar-refractivity contribution is 0.660. The van der Waals surface area contributed by atoms with Gasteiger partial charge in [-0.25, -0.2) is 0 Å². The van der Waals surface area contributed by atoms with Crippen LogP contribution in [0, 0.1) is 0 Å². The summed E-state index contributed by atoms with van der Waals surface area (Å²) in [5.41, 5.74) is 18.8. The number of furan rings is 1. The first-order valence-corrected chi connectivity index (χ1v) is 22.8. The molecular weight excluding hydrogens is 789 g/mol. The molecule has 11 aromatic rings. The fourth-order valence-corrected chi connectivity index (χ4v) is 11.5. The normalized spacial score (nSPS) is 14.1. The van der Waals surface area contributed by atoms with Crippen molar-refractivity contribution >= 4 is 77.6 Å². The Labute approximate surface area is 379 Å². The second-order valence-corrected chi connectivity index (χ2v) is 18.9. The third-order valence-corrected chi connectivity index (χ3v) is 14.6. The highest BCUT2D eigenvalue weighted by molar-refractivity contribution is 6.27. The standard InChI is InChI=1S/C62H46N2O/c1-61(2)52-29-17-15-23-43(52)45-33-31-41(35-54(45)61)63(39-19-7-5-8-20-39)56-37-51-59-49-27-13-11-25-47(49)57(38-58(59)65-60(51)50-28-14-12-26-48(50)56)64(40-21-9-6-10-22-40)42-32-34-46-44-24-16-18-30-53(44)62(3,4)55(46)36-42/h5-38H,1-4H3. The van der Waals surface area contributed by atoms with Crippen LogP contribution < -0.4 is 9.80 Å². The fourth-order valence-electron chi connectivity index (χ4n) is 11.5. The molecule has 1 heterocycles. The van der Waals surface area contributed by atoms with Crippen molar-refractivity contribution in [3.05, 3.63) is 229 Å². The van der Waals surface area contributed by atoms with Crippen LogP contribution in [0.2, 0.25) is 0 Å². The molecule has 2 aliphatic carbocycles. The zero-order chi connectivity index (χ0) is 43.6. The first-order chi connectivity index (χ1) is 31.8. The van der Waals surface area contributed by atoms with E-state index >= 15 is 0 Å². The van der Waals surface area contributed by atoms with Crippen LogP contribution in [0.5, 0.6) is 0 Å². The Bertz CT molecular complexity index is 3730. The van der Waals surface area contributed by atoms with E-state index in [1.54, 1.807) is 0 Å². The van der Waals surface area contributed by atoms with Crippen LogP contribution in [-0.2, 0) is 10.8 Å². The molecular formula is C62H46N2O. The quantitative estimate of drug-likeness (QED) is 0.166. The summed E-state index contributed by atoms with van der Waals surface area (Å²) in [6.07, 6.45) is 0. The van der Waals surface area contributed by atoms with Gasteiger partial charge in [0, 0.05) is 66.6 Å². The highest BCUT2D eigenvalue weighted by Crippen LogP contribution is 2.54. The molecule has 0 amide bonds. The van der Waals surface area contributed by atoms with Gasteiger partial charge in [0.25, 0.3) is 0 Å². The third kappa shape index (κ3) is 5.42. The summed E-state index contributed by atoms with van der Waals surface area (Å²) in [6.45, 7) is 9.42. The van der Waals surface area contributed by atoms with E-state index in [-0.39, 0.29) is 10.8 Å². The van der Waals surface area contributed by atoms with E-state index in [1.807, 2.05) is 0 Å². The van der Waals surface area contributed by atoms with Crippen molar-refractivity contribution in [2.45, 2.75) is 38.5 Å². The number of para-hydroxylation sites is 2. The molecule has 0 radical (unpaired) electrons. The van der Waals surface area contributed by atoms with Gasteiger partial charge in [-0.15, -0.1) is 0 Å². The molecule has 0 N–H and O–H groups in total. The van der Waals surface area contributed by atoms with Gasteiger partial charge in [-0.05, 0) is 104 Å². The number of hydrogen-bond donors (Lipinski definition) is 0. The maximum Gasteiger partial charge on any atom is 0.143 e. The van der Waals surface area contributed by atoms with Gasteiger partial charge in [-0.2, -0.15) is 0 Å². The number of benzene rings is 10. The zero-order valence-corrected chi connectivity index (χ0v) is 36.9. The minimum Gasteiger partial charge on any atom is -0.455 e. The Morgan fingerprint density at radius 3 is 1.28 bits per heavy atom. The molecule has 310 valence electrons. The van der Waals surface area contributed by atoms with Gasteiger partial charge in [0.1, 0.15) is 11.2 Å². The van der Waals surface area contributed by atoms with Crippen LogP contribution in [0.1, 0.15) is 49.9 Å². The van der Waals surface area contributed by atoms with E-state index in [0.717, 1.165) is 77.6 Å². The fraction of sp³-hybridized carbons (Fsp3) is 0.0968. The number of rotatable bonds is 6. The van der Waals surface area contributed by atoms with Crippen LogP contribution in [-0.4, -0.2) is 0 Å². The molecule has 0 saturated heterocycles. The molecule has 0 aliphatic heterocycles. The minimum absolute atomic E-state index is 0.136. The Morgan fingerprint density at radius 1 is 0.323 bits per heavy atom. The van der Waals surface area contributed by atoms with Crippen molar-refractivity contribution in [2.75, 3.05) is 9.80 Å². The molecule has 65 heavy (non-hydrogen) atoms. The summed E-state index contributed by atoms with van der Waals surface area (Å²) >= 11 is 0. The molecule has 2 aliphatic rings. The smallest absolute Gasteiger partial charge is 0.143 e. The maximum atomic E-state index is 7.21. The Kier molecular flexibility index (Phi) is 8.00. The summed E-state index contributed by atoms with van der Waals surface area (Å²) in [4.78, 5) is 4.86. The van der Waals surface area contributed by atoms with Gasteiger partial charge < -0.3 is 14.2 Å². The summed E-state index contributed by atoms with van der Waals surface area (Å²) in [6, 6.07) is 75.7. The SMILES string of the molecule is CC1(C)c2ccccc2-c2ccc(N(c3ccccc3)c3cc4c(oc5cc(N(c6ccccc6)c6ccc7c(c6)C(C)(C)c6ccccc6-7)c6ccccc6c54)c4ccccc34)cc21. The van der Waals surface area contributed by atoms with E-state index < -0.39 is 0 Å². The molecule has 0 bridgehead atoms. The second kappa shape index (κ2) is 13.8. The maximum absolute atomic E-state index is 7.21. The van der Waals surface area contributed by atoms with E-state index in [9.17, 15) is 0 Å². The Balaban J connectivity index is 1.05. The topological polar surface area (TPSA) is 19.6 Å². The van der Waals surface area contributed by atoms with Gasteiger partial charge in [0.05, 0.1) is 11.4 Å². The molecule has 0 spiro atoms. The van der Waals surface area contributed by atoms with Gasteiger partial charge in [0.15, 0.2) is 0 Å². The van der Waals surface area contributed by atoms with Gasteiger partial charge in [-0.1, -0.05) is 173 Å². The van der Waals surface area contributed by atoms with Gasteiger partial charge in [-0.3, -0.25) is 0 Å². The van der Waals surface area contributed by atoms with Gasteiger partial charge >= 0.3 is 0 Å². The average molecular weight is 835 g/mol. The van der Waals surface area contributed by atoms with Crippen molar-refractivity contribution in [2.24, 2.45) is 0 Å². The Morgan fingerprint density at radius 2 is 0.738 bits per heavy atom. The van der Waals surface area contributed by atoms with Crippen molar-refractivity contribution < 1.29 is 4.42 Å². The second-order valence-electron chi connectivity index (χ2n) is 18.9. The molecule has 1 aromatic heterocycles. The number of anilines is 6. The Hall–Kier alpha value is -7.88. The van der Waals surface area contributed by atoms with Crippen molar-refractivity contribution in [3.8, 4) is 22.3 Å². The van der Waals surface area contributed by atoms with E-state index in [1.165, 1.54) is 44.5 Å². The monoisotopic (exact) mass is 834 g/mol. The number of fused-ring (bicyclic) bond motifs is 13. The lowest BCUT2D eigenvalue weighted by Gasteiger charge is -2.29. The summed E-state index contributed by atoms with van der Waals surface area (Å²) in [5, 5.41) is 6.72. The molecule has 3 heteroatoms. The zero-order valence-electron chi connectivity index (χ0n) is 36.9. The predicted molar refractivity (Wildman–Crippen MR) is 273 cm³/mol. The highest BCUT2D eigenvalue weighted by atomic mass is 16.3. The number of nitrogens with zero attached hydrogens (tertiary/aromatic N) is 2. The molecule has 0 unspecified atom stereocenters. The van der Waals surface area contributed by atoms with Crippen molar-refractivity contribution in [3.63, 3.8) is 0 Å². The summed E-state index contributed by atoms with van der Waals surface area (Å²) in [7, 11) is 0. The molecule has 0 saturated carbocycles. The van der Waals surface area contributed by atoms with Crippen LogP contribution in [0.25, 0.3) is 65.7 Å². The molecule has 0 fully saturated rings. The third-order valence-electron chi connectivity index (χ3n) is 14.6. The van der Waals surface area contributed by atoms with Crippen LogP contribution in [0.15, 0.2) is 211 Å². The molecule has 13 rings (SSSR count). The summed E-state index contributed by atoms with van der Waals surface area (Å²) in [5.74, 6) is 0. The van der Waals surface area contributed by atoms with E-state index in [4.69, 9.17) is 4.42 Å². The number of hydrogen-bond acceptors (Lipinski definition) is 3. The highest BCUT2D eigenvalue weighted by Gasteiger charge is 2.37. The molecule has 0 atom stereocenters. The van der Waals surface area contributed by atoms with Crippen molar-refractivity contribution in [1.82, 2.24) is 0 Å². The average Bonchev–Trinajstić information content (AvgIpc) is 3.92. The predicted octanol–water partition coefficient (Wildman–Crippen LogP) is 17.4. The largest absolute Gasteiger partial charge is 0.455 e. The van der Waals surface area contributed by atoms with Crippen LogP contribution in [0.4, 0.5) is 34.1 Å².